The van der Waals surface area contributed by atoms with Gasteiger partial charge < -0.3 is 5.11 Å². The summed E-state index contributed by atoms with van der Waals surface area (Å²) in [4.78, 5) is 11.9. The molecule has 0 unspecified atom stereocenters. The molecular weight excluding hydrogens is 324 g/mol. The van der Waals surface area contributed by atoms with E-state index in [2.05, 4.69) is 31.6 Å². The van der Waals surface area contributed by atoms with E-state index in [-0.39, 0.29) is 11.3 Å². The first-order chi connectivity index (χ1) is 9.47. The molecular formula is C13H13BrN4O2. The lowest BCUT2D eigenvalue weighted by Gasteiger charge is -2.03. The van der Waals surface area contributed by atoms with Crippen molar-refractivity contribution in [2.75, 3.05) is 0 Å². The van der Waals surface area contributed by atoms with E-state index < -0.39 is 5.91 Å². The van der Waals surface area contributed by atoms with Gasteiger partial charge in [0.15, 0.2) is 0 Å². The van der Waals surface area contributed by atoms with Crippen molar-refractivity contribution >= 4 is 28.1 Å². The molecule has 0 fully saturated rings. The highest BCUT2D eigenvalue weighted by atomic mass is 79.9. The Labute approximate surface area is 124 Å². The SMILES string of the molecule is Cc1cc(C=NNC(=O)c2cc(Br)ccc2O)n(C)n1. The first-order valence-electron chi connectivity index (χ1n) is 5.80. The molecule has 2 rings (SSSR count). The largest absolute Gasteiger partial charge is 0.507 e. The molecule has 2 aromatic rings. The first-order valence-corrected chi connectivity index (χ1v) is 6.59. The Hall–Kier alpha value is -2.15. The number of carbonyl (C=O) groups excluding carboxylic acids is 1. The number of aromatic hydroxyl groups is 1. The number of aryl methyl sites for hydroxylation is 2. The number of rotatable bonds is 3. The molecule has 20 heavy (non-hydrogen) atoms. The first kappa shape index (κ1) is 14.3. The van der Waals surface area contributed by atoms with Crippen molar-refractivity contribution in [2.45, 2.75) is 6.92 Å². The third-order valence-corrected chi connectivity index (χ3v) is 3.10. The number of halogens is 1. The summed E-state index contributed by atoms with van der Waals surface area (Å²) in [6.45, 7) is 1.87. The monoisotopic (exact) mass is 336 g/mol. The summed E-state index contributed by atoms with van der Waals surface area (Å²) in [5.74, 6) is -0.587. The molecule has 0 aliphatic rings. The lowest BCUT2D eigenvalue weighted by molar-refractivity contribution is 0.0952. The molecule has 1 aromatic heterocycles. The molecule has 0 spiro atoms. The Morgan fingerprint density at radius 3 is 2.90 bits per heavy atom. The van der Waals surface area contributed by atoms with Crippen LogP contribution in [0, 0.1) is 6.92 Å². The molecule has 7 heteroatoms. The third kappa shape index (κ3) is 3.24. The number of nitrogens with one attached hydrogen (secondary N) is 1. The highest BCUT2D eigenvalue weighted by Crippen LogP contribution is 2.21. The van der Waals surface area contributed by atoms with Gasteiger partial charge in [0.05, 0.1) is 23.2 Å². The van der Waals surface area contributed by atoms with E-state index in [4.69, 9.17) is 0 Å². The number of aromatic nitrogens is 2. The van der Waals surface area contributed by atoms with Crippen molar-refractivity contribution in [3.63, 3.8) is 0 Å². The summed E-state index contributed by atoms with van der Waals surface area (Å²) in [7, 11) is 1.79. The van der Waals surface area contributed by atoms with Crippen LogP contribution >= 0.6 is 15.9 Å². The normalized spacial score (nSPS) is 10.9. The molecule has 0 saturated heterocycles. The fourth-order valence-corrected chi connectivity index (χ4v) is 2.02. The average molecular weight is 337 g/mol. The molecule has 1 heterocycles. The zero-order valence-corrected chi connectivity index (χ0v) is 12.5. The van der Waals surface area contributed by atoms with Gasteiger partial charge in [0, 0.05) is 11.5 Å². The zero-order valence-electron chi connectivity index (χ0n) is 11.0. The molecule has 0 aliphatic heterocycles. The van der Waals surface area contributed by atoms with Crippen molar-refractivity contribution in [3.8, 4) is 5.75 Å². The maximum absolute atomic E-state index is 11.9. The summed E-state index contributed by atoms with van der Waals surface area (Å²) < 4.78 is 2.35. The number of hydrogen-bond acceptors (Lipinski definition) is 4. The molecule has 1 aromatic carbocycles. The predicted octanol–water partition coefficient (Wildman–Crippen LogP) is 1.96. The van der Waals surface area contributed by atoms with E-state index in [1.165, 1.54) is 18.3 Å². The number of phenolic OH excluding ortho intramolecular Hbond substituents is 1. The lowest BCUT2D eigenvalue weighted by Crippen LogP contribution is -2.18. The van der Waals surface area contributed by atoms with Crippen LogP contribution < -0.4 is 5.43 Å². The number of hydrazone groups is 1. The Balaban J connectivity index is 2.09. The fraction of sp³-hybridized carbons (Fsp3) is 0.154. The second-order valence-electron chi connectivity index (χ2n) is 4.19. The van der Waals surface area contributed by atoms with Gasteiger partial charge >= 0.3 is 0 Å². The van der Waals surface area contributed by atoms with E-state index in [9.17, 15) is 9.90 Å². The van der Waals surface area contributed by atoms with Crippen LogP contribution in [0.2, 0.25) is 0 Å². The fourth-order valence-electron chi connectivity index (χ4n) is 1.66. The number of amides is 1. The van der Waals surface area contributed by atoms with E-state index in [0.29, 0.717) is 4.47 Å². The number of hydrogen-bond donors (Lipinski definition) is 2. The van der Waals surface area contributed by atoms with Crippen molar-refractivity contribution in [3.05, 3.63) is 45.7 Å². The molecule has 0 aliphatic carbocycles. The minimum absolute atomic E-state index is 0.0997. The predicted molar refractivity (Wildman–Crippen MR) is 78.8 cm³/mol. The third-order valence-electron chi connectivity index (χ3n) is 2.60. The van der Waals surface area contributed by atoms with Gasteiger partial charge in [0.1, 0.15) is 5.75 Å². The van der Waals surface area contributed by atoms with Crippen LogP contribution in [-0.4, -0.2) is 27.0 Å². The Kier molecular flexibility index (Phi) is 4.19. The second kappa shape index (κ2) is 5.87. The van der Waals surface area contributed by atoms with Crippen molar-refractivity contribution in [1.29, 1.82) is 0 Å². The van der Waals surface area contributed by atoms with Gasteiger partial charge in [-0.15, -0.1) is 0 Å². The molecule has 6 nitrogen and oxygen atoms in total. The minimum Gasteiger partial charge on any atom is -0.507 e. The van der Waals surface area contributed by atoms with E-state index in [0.717, 1.165) is 11.4 Å². The van der Waals surface area contributed by atoms with Gasteiger partial charge in [0.25, 0.3) is 5.91 Å². The standard InChI is InChI=1S/C13H13BrN4O2/c1-8-5-10(18(2)17-8)7-15-16-13(20)11-6-9(14)3-4-12(11)19/h3-7,19H,1-2H3,(H,16,20). The molecule has 104 valence electrons. The Bertz CT molecular complexity index is 679. The molecule has 2 N–H and O–H groups in total. The summed E-state index contributed by atoms with van der Waals surface area (Å²) in [5, 5.41) is 17.6. The van der Waals surface area contributed by atoms with Crippen LogP contribution in [0.15, 0.2) is 33.8 Å². The maximum Gasteiger partial charge on any atom is 0.275 e. The molecule has 0 atom stereocenters. The van der Waals surface area contributed by atoms with Crippen molar-refractivity contribution < 1.29 is 9.90 Å². The number of carbonyl (C=O) groups is 1. The topological polar surface area (TPSA) is 79.5 Å². The quantitative estimate of drug-likeness (QED) is 0.664. The minimum atomic E-state index is -0.487. The van der Waals surface area contributed by atoms with Gasteiger partial charge in [0.2, 0.25) is 0 Å². The van der Waals surface area contributed by atoms with Crippen LogP contribution in [0.1, 0.15) is 21.7 Å². The van der Waals surface area contributed by atoms with Gasteiger partial charge in [-0.25, -0.2) is 5.43 Å². The number of benzene rings is 1. The van der Waals surface area contributed by atoms with Crippen LogP contribution in [0.3, 0.4) is 0 Å². The van der Waals surface area contributed by atoms with E-state index in [1.807, 2.05) is 13.0 Å². The highest BCUT2D eigenvalue weighted by Gasteiger charge is 2.10. The van der Waals surface area contributed by atoms with E-state index in [1.54, 1.807) is 17.8 Å². The molecule has 1 amide bonds. The Morgan fingerprint density at radius 2 is 2.25 bits per heavy atom. The van der Waals surface area contributed by atoms with Gasteiger partial charge in [-0.05, 0) is 31.2 Å². The van der Waals surface area contributed by atoms with Crippen LogP contribution in [0.4, 0.5) is 0 Å². The smallest absolute Gasteiger partial charge is 0.275 e. The van der Waals surface area contributed by atoms with Gasteiger partial charge in [-0.1, -0.05) is 15.9 Å². The average Bonchev–Trinajstić information content (AvgIpc) is 2.71. The lowest BCUT2D eigenvalue weighted by atomic mass is 10.2. The van der Waals surface area contributed by atoms with Gasteiger partial charge in [-0.3, -0.25) is 9.48 Å². The van der Waals surface area contributed by atoms with Crippen molar-refractivity contribution in [1.82, 2.24) is 15.2 Å². The molecule has 0 saturated carbocycles. The zero-order chi connectivity index (χ0) is 14.7. The van der Waals surface area contributed by atoms with Crippen LogP contribution in [0.25, 0.3) is 0 Å². The highest BCUT2D eigenvalue weighted by molar-refractivity contribution is 9.10. The van der Waals surface area contributed by atoms with Gasteiger partial charge in [-0.2, -0.15) is 10.2 Å². The van der Waals surface area contributed by atoms with Crippen LogP contribution in [-0.2, 0) is 7.05 Å². The maximum atomic E-state index is 11.9. The van der Waals surface area contributed by atoms with Crippen LogP contribution in [0.5, 0.6) is 5.75 Å². The summed E-state index contributed by atoms with van der Waals surface area (Å²) in [6, 6.07) is 6.45. The van der Waals surface area contributed by atoms with Crippen molar-refractivity contribution in [2.24, 2.45) is 12.1 Å². The number of phenols is 1. The summed E-state index contributed by atoms with van der Waals surface area (Å²) >= 11 is 3.24. The Morgan fingerprint density at radius 1 is 1.50 bits per heavy atom. The van der Waals surface area contributed by atoms with E-state index >= 15 is 0 Å². The second-order valence-corrected chi connectivity index (χ2v) is 5.11. The number of nitrogens with zero attached hydrogens (tertiary/aromatic N) is 3. The summed E-state index contributed by atoms with van der Waals surface area (Å²) in [5.41, 5.74) is 4.14. The molecule has 0 radical (unpaired) electrons. The summed E-state index contributed by atoms with van der Waals surface area (Å²) in [6.07, 6.45) is 1.49. The molecule has 0 bridgehead atoms.